The molecule has 0 bridgehead atoms. The van der Waals surface area contributed by atoms with Crippen LogP contribution in [0, 0.1) is 0 Å². The van der Waals surface area contributed by atoms with Crippen molar-refractivity contribution < 1.29 is 4.74 Å². The quantitative estimate of drug-likeness (QED) is 0.686. The van der Waals surface area contributed by atoms with Gasteiger partial charge in [-0.3, -0.25) is 10.00 Å². The van der Waals surface area contributed by atoms with Gasteiger partial charge in [-0.05, 0) is 50.5 Å². The summed E-state index contributed by atoms with van der Waals surface area (Å²) in [6.45, 7) is 2.69. The van der Waals surface area contributed by atoms with E-state index in [-0.39, 0.29) is 0 Å². The Bertz CT molecular complexity index is 818. The number of hydrogen-bond donors (Lipinski definition) is 2. The molecule has 0 amide bonds. The highest BCUT2D eigenvalue weighted by Crippen LogP contribution is 2.28. The second-order valence-corrected chi connectivity index (χ2v) is 6.21. The number of rotatable bonds is 7. The van der Waals surface area contributed by atoms with Gasteiger partial charge >= 0.3 is 0 Å². The van der Waals surface area contributed by atoms with E-state index in [1.54, 1.807) is 6.07 Å². The number of likely N-dealkylation sites (N-methyl/N-ethyl adjacent to an activating group) is 2. The Hall–Kier alpha value is -2.08. The van der Waals surface area contributed by atoms with Gasteiger partial charge in [0.25, 0.3) is 0 Å². The zero-order valence-corrected chi connectivity index (χ0v) is 14.6. The third-order valence-electron chi connectivity index (χ3n) is 3.81. The summed E-state index contributed by atoms with van der Waals surface area (Å²) in [6.07, 6.45) is 0. The summed E-state index contributed by atoms with van der Waals surface area (Å²) in [5.41, 5.74) is 2.02. The molecule has 0 saturated carbocycles. The number of H-pyrrole nitrogens is 1. The van der Waals surface area contributed by atoms with Crippen LogP contribution in [-0.4, -0.2) is 42.3 Å². The number of hydrogen-bond acceptors (Lipinski definition) is 4. The van der Waals surface area contributed by atoms with Gasteiger partial charge in [-0.2, -0.15) is 5.10 Å². The summed E-state index contributed by atoms with van der Waals surface area (Å²) in [7, 11) is 4.04. The molecule has 0 aliphatic rings. The molecule has 0 aliphatic carbocycles. The lowest BCUT2D eigenvalue weighted by Gasteiger charge is -2.14. The number of aromatic nitrogens is 2. The number of halogens is 1. The fourth-order valence-corrected chi connectivity index (χ4v) is 2.72. The van der Waals surface area contributed by atoms with Gasteiger partial charge in [0.05, 0.1) is 11.2 Å². The fourth-order valence-electron chi connectivity index (χ4n) is 2.54. The molecule has 2 N–H and O–H groups in total. The van der Waals surface area contributed by atoms with Crippen molar-refractivity contribution in [1.82, 2.24) is 20.4 Å². The van der Waals surface area contributed by atoms with E-state index in [9.17, 15) is 0 Å². The number of fused-ring (bicyclic) bond motifs is 1. The van der Waals surface area contributed by atoms with Crippen molar-refractivity contribution in [2.45, 2.75) is 6.54 Å². The normalized spacial score (nSPS) is 11.3. The maximum absolute atomic E-state index is 6.01. The Morgan fingerprint density at radius 2 is 2.04 bits per heavy atom. The first-order valence-electron chi connectivity index (χ1n) is 7.89. The Kier molecular flexibility index (Phi) is 5.35. The van der Waals surface area contributed by atoms with E-state index in [1.807, 2.05) is 43.4 Å². The van der Waals surface area contributed by atoms with E-state index in [2.05, 4.69) is 27.5 Å². The summed E-state index contributed by atoms with van der Waals surface area (Å²) < 4.78 is 5.91. The SMILES string of the molecule is CNCCN(C)Cc1n[nH]c2ccc(Oc3cccc(Cl)c3)cc12. The fraction of sp³-hybridized carbons (Fsp3) is 0.278. The van der Waals surface area contributed by atoms with Crippen LogP contribution in [-0.2, 0) is 6.54 Å². The number of ether oxygens (including phenoxy) is 1. The molecule has 2 aromatic carbocycles. The molecule has 0 radical (unpaired) electrons. The van der Waals surface area contributed by atoms with Crippen LogP contribution >= 0.6 is 11.6 Å². The van der Waals surface area contributed by atoms with Crippen molar-refractivity contribution in [1.29, 1.82) is 0 Å². The van der Waals surface area contributed by atoms with Crippen molar-refractivity contribution in [3.63, 3.8) is 0 Å². The highest BCUT2D eigenvalue weighted by molar-refractivity contribution is 6.30. The second-order valence-electron chi connectivity index (χ2n) is 5.78. The van der Waals surface area contributed by atoms with E-state index in [4.69, 9.17) is 16.3 Å². The van der Waals surface area contributed by atoms with Gasteiger partial charge in [-0.15, -0.1) is 0 Å². The molecule has 6 heteroatoms. The number of benzene rings is 2. The van der Waals surface area contributed by atoms with Crippen molar-refractivity contribution in [3.8, 4) is 11.5 Å². The van der Waals surface area contributed by atoms with Crippen LogP contribution in [0.4, 0.5) is 0 Å². The lowest BCUT2D eigenvalue weighted by Crippen LogP contribution is -2.27. The summed E-state index contributed by atoms with van der Waals surface area (Å²) >= 11 is 6.01. The van der Waals surface area contributed by atoms with E-state index in [1.165, 1.54) is 0 Å². The van der Waals surface area contributed by atoms with Crippen molar-refractivity contribution in [2.75, 3.05) is 27.2 Å². The first-order valence-corrected chi connectivity index (χ1v) is 8.27. The largest absolute Gasteiger partial charge is 0.457 e. The predicted molar refractivity (Wildman–Crippen MR) is 97.9 cm³/mol. The first-order chi connectivity index (χ1) is 11.7. The van der Waals surface area contributed by atoms with Crippen LogP contribution in [0.1, 0.15) is 5.69 Å². The van der Waals surface area contributed by atoms with Crippen LogP contribution < -0.4 is 10.1 Å². The molecule has 0 saturated heterocycles. The average Bonchev–Trinajstić information content (AvgIpc) is 2.95. The van der Waals surface area contributed by atoms with E-state index in [0.29, 0.717) is 5.02 Å². The Balaban J connectivity index is 1.80. The summed E-state index contributed by atoms with van der Waals surface area (Å²) in [5, 5.41) is 12.4. The van der Waals surface area contributed by atoms with Crippen LogP contribution in [0.25, 0.3) is 10.9 Å². The summed E-state index contributed by atoms with van der Waals surface area (Å²) in [4.78, 5) is 2.23. The standard InChI is InChI=1S/C18H21ClN4O/c1-20-8-9-23(2)12-18-16-11-15(6-7-17(16)21-22-18)24-14-5-3-4-13(19)10-14/h3-7,10-11,20H,8-9,12H2,1-2H3,(H,21,22). The van der Waals surface area contributed by atoms with E-state index < -0.39 is 0 Å². The number of nitrogens with one attached hydrogen (secondary N) is 2. The Labute approximate surface area is 146 Å². The van der Waals surface area contributed by atoms with Crippen molar-refractivity contribution in [3.05, 3.63) is 53.2 Å². The monoisotopic (exact) mass is 344 g/mol. The summed E-state index contributed by atoms with van der Waals surface area (Å²) in [5.74, 6) is 1.49. The van der Waals surface area contributed by atoms with Gasteiger partial charge in [-0.25, -0.2) is 0 Å². The first kappa shape index (κ1) is 16.8. The lowest BCUT2D eigenvalue weighted by atomic mass is 10.2. The van der Waals surface area contributed by atoms with Gasteiger partial charge in [0.2, 0.25) is 0 Å². The van der Waals surface area contributed by atoms with E-state index in [0.717, 1.165) is 47.7 Å². The highest BCUT2D eigenvalue weighted by atomic mass is 35.5. The van der Waals surface area contributed by atoms with E-state index >= 15 is 0 Å². The molecule has 24 heavy (non-hydrogen) atoms. The molecule has 1 aromatic heterocycles. The summed E-state index contributed by atoms with van der Waals surface area (Å²) in [6, 6.07) is 13.3. The molecule has 1 heterocycles. The predicted octanol–water partition coefficient (Wildman–Crippen LogP) is 3.66. The third kappa shape index (κ3) is 4.06. The van der Waals surface area contributed by atoms with Gasteiger partial charge in [0.1, 0.15) is 11.5 Å². The van der Waals surface area contributed by atoms with Gasteiger partial charge in [-0.1, -0.05) is 17.7 Å². The van der Waals surface area contributed by atoms with Gasteiger partial charge in [0, 0.05) is 30.0 Å². The van der Waals surface area contributed by atoms with Crippen molar-refractivity contribution in [2.24, 2.45) is 0 Å². The number of nitrogens with zero attached hydrogens (tertiary/aromatic N) is 2. The molecule has 5 nitrogen and oxygen atoms in total. The maximum atomic E-state index is 6.01. The maximum Gasteiger partial charge on any atom is 0.128 e. The third-order valence-corrected chi connectivity index (χ3v) is 4.04. The van der Waals surface area contributed by atoms with Crippen molar-refractivity contribution >= 4 is 22.5 Å². The van der Waals surface area contributed by atoms with Crippen LogP contribution in [0.5, 0.6) is 11.5 Å². The minimum absolute atomic E-state index is 0.656. The highest BCUT2D eigenvalue weighted by Gasteiger charge is 2.10. The Morgan fingerprint density at radius 1 is 1.21 bits per heavy atom. The molecule has 0 atom stereocenters. The average molecular weight is 345 g/mol. The van der Waals surface area contributed by atoms with Crippen LogP contribution in [0.2, 0.25) is 5.02 Å². The molecule has 126 valence electrons. The van der Waals surface area contributed by atoms with Gasteiger partial charge < -0.3 is 10.1 Å². The zero-order valence-electron chi connectivity index (χ0n) is 13.8. The zero-order chi connectivity index (χ0) is 16.9. The smallest absolute Gasteiger partial charge is 0.128 e. The molecular formula is C18H21ClN4O. The number of aromatic amines is 1. The molecule has 0 unspecified atom stereocenters. The van der Waals surface area contributed by atoms with Crippen LogP contribution in [0.3, 0.4) is 0 Å². The molecule has 0 aliphatic heterocycles. The Morgan fingerprint density at radius 3 is 2.83 bits per heavy atom. The molecular weight excluding hydrogens is 324 g/mol. The van der Waals surface area contributed by atoms with Gasteiger partial charge in [0.15, 0.2) is 0 Å². The molecule has 3 rings (SSSR count). The second kappa shape index (κ2) is 7.66. The minimum Gasteiger partial charge on any atom is -0.457 e. The molecule has 3 aromatic rings. The van der Waals surface area contributed by atoms with Crippen LogP contribution in [0.15, 0.2) is 42.5 Å². The lowest BCUT2D eigenvalue weighted by molar-refractivity contribution is 0.325. The molecule has 0 fully saturated rings. The topological polar surface area (TPSA) is 53.2 Å². The molecule has 0 spiro atoms. The minimum atomic E-state index is 0.656.